The average Bonchev–Trinajstić information content (AvgIpc) is 2.50. The predicted octanol–water partition coefficient (Wildman–Crippen LogP) is 5.52. The number of ether oxygens (including phenoxy) is 1. The van der Waals surface area contributed by atoms with Crippen LogP contribution in [0.5, 0.6) is 11.5 Å². The molecule has 0 aliphatic carbocycles. The molecule has 0 amide bonds. The van der Waals surface area contributed by atoms with Gasteiger partial charge in [0.1, 0.15) is 11.5 Å². The molecule has 2 rings (SSSR count). The third-order valence-electron chi connectivity index (χ3n) is 3.69. The van der Waals surface area contributed by atoms with Crippen molar-refractivity contribution < 1.29 is 14.6 Å². The van der Waals surface area contributed by atoms with Gasteiger partial charge in [0.15, 0.2) is 0 Å². The second-order valence-corrected chi connectivity index (χ2v) is 6.22. The van der Waals surface area contributed by atoms with Gasteiger partial charge in [-0.15, -0.1) is 0 Å². The van der Waals surface area contributed by atoms with Crippen molar-refractivity contribution in [3.05, 3.63) is 58.1 Å². The molecule has 0 saturated heterocycles. The number of halogens is 1. The molecule has 0 aromatic heterocycles. The molecule has 0 heterocycles. The maximum absolute atomic E-state index is 10.6. The Morgan fingerprint density at radius 2 is 1.91 bits per heavy atom. The molecule has 0 saturated carbocycles. The van der Waals surface area contributed by atoms with Gasteiger partial charge < -0.3 is 9.84 Å². The Morgan fingerprint density at radius 1 is 1.23 bits per heavy atom. The Bertz CT molecular complexity index is 650. The number of carboxylic acids is 1. The first kappa shape index (κ1) is 16.6. The van der Waals surface area contributed by atoms with Gasteiger partial charge in [0.05, 0.1) is 0 Å². The summed E-state index contributed by atoms with van der Waals surface area (Å²) in [5.74, 6) is 1.06. The van der Waals surface area contributed by atoms with Gasteiger partial charge in [-0.25, -0.2) is 0 Å². The quantitative estimate of drug-likeness (QED) is 0.735. The van der Waals surface area contributed by atoms with Gasteiger partial charge in [-0.05, 0) is 49.1 Å². The monoisotopic (exact) mass is 362 g/mol. The van der Waals surface area contributed by atoms with Crippen molar-refractivity contribution in [2.45, 2.75) is 32.6 Å². The van der Waals surface area contributed by atoms with E-state index in [2.05, 4.69) is 15.9 Å². The molecule has 0 aliphatic heterocycles. The van der Waals surface area contributed by atoms with Crippen molar-refractivity contribution in [2.75, 3.05) is 0 Å². The zero-order valence-electron chi connectivity index (χ0n) is 12.7. The van der Waals surface area contributed by atoms with Crippen LogP contribution in [0.3, 0.4) is 0 Å². The minimum Gasteiger partial charge on any atom is -0.481 e. The van der Waals surface area contributed by atoms with Crippen LogP contribution in [0.1, 0.15) is 36.8 Å². The SMILES string of the molecule is Cc1c(Br)cccc1Oc1ccc(C(C)CCC(=O)O)cc1. The number of hydrogen-bond donors (Lipinski definition) is 1. The minimum atomic E-state index is -0.753. The van der Waals surface area contributed by atoms with E-state index in [1.807, 2.05) is 56.3 Å². The molecule has 2 aromatic carbocycles. The standard InChI is InChI=1S/C18H19BrO3/c1-12(6-11-18(20)21)14-7-9-15(10-8-14)22-17-5-3-4-16(19)13(17)2/h3-5,7-10,12H,6,11H2,1-2H3,(H,20,21). The molecule has 1 atom stereocenters. The van der Waals surface area contributed by atoms with Gasteiger partial charge in [0.2, 0.25) is 0 Å². The molecule has 1 N–H and O–H groups in total. The van der Waals surface area contributed by atoms with Crippen LogP contribution in [0, 0.1) is 6.92 Å². The Morgan fingerprint density at radius 3 is 2.55 bits per heavy atom. The molecule has 2 aromatic rings. The molecule has 22 heavy (non-hydrogen) atoms. The number of carboxylic acid groups (broad SMARTS) is 1. The number of rotatable bonds is 6. The largest absolute Gasteiger partial charge is 0.481 e. The molecule has 4 heteroatoms. The second kappa shape index (κ2) is 7.45. The van der Waals surface area contributed by atoms with Crippen LogP contribution < -0.4 is 4.74 Å². The van der Waals surface area contributed by atoms with Crippen LogP contribution >= 0.6 is 15.9 Å². The van der Waals surface area contributed by atoms with Crippen LogP contribution in [-0.2, 0) is 4.79 Å². The molecule has 0 spiro atoms. The average molecular weight is 363 g/mol. The van der Waals surface area contributed by atoms with Gasteiger partial charge in [0.25, 0.3) is 0 Å². The summed E-state index contributed by atoms with van der Waals surface area (Å²) in [5, 5.41) is 8.74. The van der Waals surface area contributed by atoms with Gasteiger partial charge in [-0.1, -0.05) is 41.1 Å². The zero-order chi connectivity index (χ0) is 16.1. The van der Waals surface area contributed by atoms with Gasteiger partial charge in [0, 0.05) is 16.5 Å². The van der Waals surface area contributed by atoms with Gasteiger partial charge in [-0.3, -0.25) is 4.79 Å². The normalized spacial score (nSPS) is 12.0. The molecule has 116 valence electrons. The van der Waals surface area contributed by atoms with E-state index in [0.717, 1.165) is 27.1 Å². The van der Waals surface area contributed by atoms with Crippen molar-refractivity contribution in [1.29, 1.82) is 0 Å². The van der Waals surface area contributed by atoms with E-state index in [1.54, 1.807) is 0 Å². The third-order valence-corrected chi connectivity index (χ3v) is 4.55. The van der Waals surface area contributed by atoms with E-state index in [4.69, 9.17) is 9.84 Å². The smallest absolute Gasteiger partial charge is 0.303 e. The first-order valence-corrected chi connectivity index (χ1v) is 8.01. The molecule has 0 aliphatic rings. The first-order valence-electron chi connectivity index (χ1n) is 7.22. The summed E-state index contributed by atoms with van der Waals surface area (Å²) >= 11 is 3.49. The third kappa shape index (κ3) is 4.34. The molecule has 0 radical (unpaired) electrons. The molecular formula is C18H19BrO3. The van der Waals surface area contributed by atoms with Gasteiger partial charge >= 0.3 is 5.97 Å². The van der Waals surface area contributed by atoms with Crippen molar-refractivity contribution in [2.24, 2.45) is 0 Å². The Labute approximate surface area is 139 Å². The highest BCUT2D eigenvalue weighted by Gasteiger charge is 2.09. The highest BCUT2D eigenvalue weighted by Crippen LogP contribution is 2.31. The van der Waals surface area contributed by atoms with Crippen LogP contribution in [-0.4, -0.2) is 11.1 Å². The van der Waals surface area contributed by atoms with E-state index in [0.29, 0.717) is 6.42 Å². The fraction of sp³-hybridized carbons (Fsp3) is 0.278. The van der Waals surface area contributed by atoms with Crippen molar-refractivity contribution >= 4 is 21.9 Å². The van der Waals surface area contributed by atoms with Crippen LogP contribution in [0.15, 0.2) is 46.9 Å². The lowest BCUT2D eigenvalue weighted by Gasteiger charge is -2.13. The summed E-state index contributed by atoms with van der Waals surface area (Å²) in [6.07, 6.45) is 0.830. The lowest BCUT2D eigenvalue weighted by atomic mass is 9.96. The molecular weight excluding hydrogens is 344 g/mol. The highest BCUT2D eigenvalue weighted by atomic mass is 79.9. The highest BCUT2D eigenvalue weighted by molar-refractivity contribution is 9.10. The summed E-state index contributed by atoms with van der Waals surface area (Å²) in [5.41, 5.74) is 2.18. The fourth-order valence-electron chi connectivity index (χ4n) is 2.20. The number of hydrogen-bond acceptors (Lipinski definition) is 2. The Balaban J connectivity index is 2.05. The zero-order valence-corrected chi connectivity index (χ0v) is 14.3. The first-order chi connectivity index (χ1) is 10.5. The van der Waals surface area contributed by atoms with E-state index < -0.39 is 5.97 Å². The summed E-state index contributed by atoms with van der Waals surface area (Å²) < 4.78 is 6.92. The number of carbonyl (C=O) groups is 1. The Kier molecular flexibility index (Phi) is 5.61. The number of benzene rings is 2. The summed E-state index contributed by atoms with van der Waals surface area (Å²) in [7, 11) is 0. The molecule has 3 nitrogen and oxygen atoms in total. The molecule has 0 bridgehead atoms. The molecule has 0 fully saturated rings. The maximum atomic E-state index is 10.6. The minimum absolute atomic E-state index is 0.191. The Hall–Kier alpha value is -1.81. The number of aliphatic carboxylic acids is 1. The van der Waals surface area contributed by atoms with Crippen LogP contribution in [0.25, 0.3) is 0 Å². The summed E-state index contributed by atoms with van der Waals surface area (Å²) in [6, 6.07) is 13.7. The topological polar surface area (TPSA) is 46.5 Å². The van der Waals surface area contributed by atoms with E-state index in [1.165, 1.54) is 0 Å². The van der Waals surface area contributed by atoms with Crippen molar-refractivity contribution in [3.8, 4) is 11.5 Å². The second-order valence-electron chi connectivity index (χ2n) is 5.37. The van der Waals surface area contributed by atoms with Crippen LogP contribution in [0.4, 0.5) is 0 Å². The fourth-order valence-corrected chi connectivity index (χ4v) is 2.54. The van der Waals surface area contributed by atoms with E-state index in [9.17, 15) is 4.79 Å². The van der Waals surface area contributed by atoms with E-state index in [-0.39, 0.29) is 12.3 Å². The summed E-state index contributed by atoms with van der Waals surface area (Å²) in [6.45, 7) is 4.04. The van der Waals surface area contributed by atoms with Crippen molar-refractivity contribution in [3.63, 3.8) is 0 Å². The van der Waals surface area contributed by atoms with Crippen molar-refractivity contribution in [1.82, 2.24) is 0 Å². The predicted molar refractivity (Wildman–Crippen MR) is 90.7 cm³/mol. The summed E-state index contributed by atoms with van der Waals surface area (Å²) in [4.78, 5) is 10.6. The van der Waals surface area contributed by atoms with Crippen LogP contribution in [0.2, 0.25) is 0 Å². The van der Waals surface area contributed by atoms with E-state index >= 15 is 0 Å². The molecule has 1 unspecified atom stereocenters. The lowest BCUT2D eigenvalue weighted by Crippen LogP contribution is -2.00. The lowest BCUT2D eigenvalue weighted by molar-refractivity contribution is -0.137. The van der Waals surface area contributed by atoms with Gasteiger partial charge in [-0.2, -0.15) is 0 Å². The maximum Gasteiger partial charge on any atom is 0.303 e.